The van der Waals surface area contributed by atoms with Gasteiger partial charge in [0.05, 0.1) is 24.6 Å². The van der Waals surface area contributed by atoms with Crippen molar-refractivity contribution in [3.05, 3.63) is 60.2 Å². The Labute approximate surface area is 168 Å². The third-order valence-corrected chi connectivity index (χ3v) is 5.05. The summed E-state index contributed by atoms with van der Waals surface area (Å²) in [5.74, 6) is 0.176. The van der Waals surface area contributed by atoms with Crippen molar-refractivity contribution in [3.63, 3.8) is 0 Å². The number of carbonyl (C=O) groups excluding carboxylic acids is 1. The monoisotopic (exact) mass is 381 g/mol. The molecule has 5 heteroatoms. The van der Waals surface area contributed by atoms with Crippen LogP contribution in [0.15, 0.2) is 54.6 Å². The molecule has 1 heterocycles. The van der Waals surface area contributed by atoms with Gasteiger partial charge in [-0.1, -0.05) is 42.5 Å². The highest BCUT2D eigenvalue weighted by Crippen LogP contribution is 2.26. The van der Waals surface area contributed by atoms with Crippen LogP contribution in [0.4, 0.5) is 11.4 Å². The first kappa shape index (κ1) is 20.2. The number of morpholine rings is 1. The van der Waals surface area contributed by atoms with Crippen molar-refractivity contribution < 1.29 is 9.53 Å². The zero-order valence-corrected chi connectivity index (χ0v) is 16.9. The summed E-state index contributed by atoms with van der Waals surface area (Å²) in [6.45, 7) is 8.74. The molecule has 0 saturated carbocycles. The average molecular weight is 382 g/mol. The molecule has 0 spiro atoms. The van der Waals surface area contributed by atoms with Gasteiger partial charge in [0.1, 0.15) is 0 Å². The van der Waals surface area contributed by atoms with E-state index in [1.54, 1.807) is 0 Å². The molecular formula is C23H31N3O2. The van der Waals surface area contributed by atoms with E-state index < -0.39 is 0 Å². The Morgan fingerprint density at radius 2 is 1.75 bits per heavy atom. The molecular weight excluding hydrogens is 350 g/mol. The molecule has 1 aliphatic rings. The number of anilines is 2. The summed E-state index contributed by atoms with van der Waals surface area (Å²) in [4.78, 5) is 17.1. The van der Waals surface area contributed by atoms with E-state index in [4.69, 9.17) is 4.74 Å². The first-order chi connectivity index (χ1) is 13.6. The molecule has 0 aliphatic carbocycles. The highest BCUT2D eigenvalue weighted by molar-refractivity contribution is 5.77. The zero-order valence-electron chi connectivity index (χ0n) is 16.9. The van der Waals surface area contributed by atoms with Gasteiger partial charge in [0.25, 0.3) is 0 Å². The Bertz CT molecular complexity index is 743. The molecule has 2 aromatic carbocycles. The number of nitrogens with zero attached hydrogens (tertiary/aromatic N) is 2. The Hall–Kier alpha value is -2.53. The molecule has 1 N–H and O–H groups in total. The van der Waals surface area contributed by atoms with E-state index in [-0.39, 0.29) is 11.9 Å². The number of hydrogen-bond acceptors (Lipinski definition) is 4. The van der Waals surface area contributed by atoms with Crippen molar-refractivity contribution in [1.29, 1.82) is 0 Å². The highest BCUT2D eigenvalue weighted by Gasteiger charge is 2.18. The Balaban J connectivity index is 1.57. The van der Waals surface area contributed by atoms with Gasteiger partial charge in [-0.3, -0.25) is 4.79 Å². The van der Waals surface area contributed by atoms with Gasteiger partial charge >= 0.3 is 0 Å². The molecule has 3 rings (SSSR count). The van der Waals surface area contributed by atoms with E-state index in [2.05, 4.69) is 54.4 Å². The zero-order chi connectivity index (χ0) is 19.8. The lowest BCUT2D eigenvalue weighted by molar-refractivity contribution is -0.133. The van der Waals surface area contributed by atoms with Gasteiger partial charge < -0.3 is 19.9 Å². The fourth-order valence-corrected chi connectivity index (χ4v) is 3.49. The molecule has 1 amide bonds. The van der Waals surface area contributed by atoms with Gasteiger partial charge in [-0.05, 0) is 31.5 Å². The topological polar surface area (TPSA) is 44.8 Å². The van der Waals surface area contributed by atoms with Gasteiger partial charge in [0.2, 0.25) is 5.91 Å². The molecule has 0 bridgehead atoms. The van der Waals surface area contributed by atoms with Gasteiger partial charge in [-0.2, -0.15) is 0 Å². The van der Waals surface area contributed by atoms with E-state index in [1.807, 2.05) is 29.2 Å². The molecule has 1 aliphatic heterocycles. The molecule has 0 atom stereocenters. The number of benzene rings is 2. The normalized spacial score (nSPS) is 14.2. The molecule has 28 heavy (non-hydrogen) atoms. The summed E-state index contributed by atoms with van der Waals surface area (Å²) < 4.78 is 5.46. The quantitative estimate of drug-likeness (QED) is 0.756. The van der Waals surface area contributed by atoms with Crippen LogP contribution < -0.4 is 10.2 Å². The maximum atomic E-state index is 12.8. The van der Waals surface area contributed by atoms with E-state index in [0.29, 0.717) is 19.5 Å². The smallest absolute Gasteiger partial charge is 0.224 e. The Kier molecular flexibility index (Phi) is 7.31. The molecule has 1 saturated heterocycles. The molecule has 0 radical (unpaired) electrons. The van der Waals surface area contributed by atoms with Crippen LogP contribution in [0, 0.1) is 0 Å². The van der Waals surface area contributed by atoms with Crippen molar-refractivity contribution in [2.45, 2.75) is 32.9 Å². The average Bonchev–Trinajstić information content (AvgIpc) is 2.73. The maximum Gasteiger partial charge on any atom is 0.224 e. The van der Waals surface area contributed by atoms with Crippen LogP contribution in [0.25, 0.3) is 0 Å². The first-order valence-corrected chi connectivity index (χ1v) is 10.1. The molecule has 150 valence electrons. The number of amides is 1. The predicted molar refractivity (Wildman–Crippen MR) is 115 cm³/mol. The van der Waals surface area contributed by atoms with Crippen LogP contribution in [-0.4, -0.2) is 49.7 Å². The molecule has 5 nitrogen and oxygen atoms in total. The highest BCUT2D eigenvalue weighted by atomic mass is 16.5. The summed E-state index contributed by atoms with van der Waals surface area (Å²) in [7, 11) is 0. The third-order valence-electron chi connectivity index (χ3n) is 5.05. The minimum atomic E-state index is 0.174. The Morgan fingerprint density at radius 3 is 2.46 bits per heavy atom. The van der Waals surface area contributed by atoms with Crippen molar-refractivity contribution >= 4 is 17.3 Å². The maximum absolute atomic E-state index is 12.8. The summed E-state index contributed by atoms with van der Waals surface area (Å²) in [5.41, 5.74) is 3.43. The number of hydrogen-bond donors (Lipinski definition) is 1. The van der Waals surface area contributed by atoms with Gasteiger partial charge in [-0.25, -0.2) is 0 Å². The van der Waals surface area contributed by atoms with Crippen molar-refractivity contribution in [2.75, 3.05) is 43.1 Å². The van der Waals surface area contributed by atoms with E-state index in [1.165, 1.54) is 5.69 Å². The lowest BCUT2D eigenvalue weighted by Gasteiger charge is -2.31. The Morgan fingerprint density at radius 1 is 1.07 bits per heavy atom. The SMILES string of the molecule is CC(C)N(Cc1ccccc1)C(=O)CCNc1ccccc1N1CCOCC1. The summed E-state index contributed by atoms with van der Waals surface area (Å²) in [6.07, 6.45) is 0.475. The van der Waals surface area contributed by atoms with E-state index in [0.717, 1.165) is 37.6 Å². The summed E-state index contributed by atoms with van der Waals surface area (Å²) >= 11 is 0. The van der Waals surface area contributed by atoms with E-state index >= 15 is 0 Å². The van der Waals surface area contributed by atoms with Gasteiger partial charge in [-0.15, -0.1) is 0 Å². The summed E-state index contributed by atoms with van der Waals surface area (Å²) in [6, 6.07) is 18.6. The predicted octanol–water partition coefficient (Wildman–Crippen LogP) is 3.76. The molecule has 0 unspecified atom stereocenters. The summed E-state index contributed by atoms with van der Waals surface area (Å²) in [5, 5.41) is 3.47. The lowest BCUT2D eigenvalue weighted by atomic mass is 10.1. The lowest BCUT2D eigenvalue weighted by Crippen LogP contribution is -2.37. The second-order valence-corrected chi connectivity index (χ2v) is 7.39. The van der Waals surface area contributed by atoms with Crippen molar-refractivity contribution in [2.24, 2.45) is 0 Å². The second-order valence-electron chi connectivity index (χ2n) is 7.39. The molecule has 1 fully saturated rings. The number of para-hydroxylation sites is 2. The largest absolute Gasteiger partial charge is 0.383 e. The minimum absolute atomic E-state index is 0.174. The fourth-order valence-electron chi connectivity index (χ4n) is 3.49. The van der Waals surface area contributed by atoms with Crippen LogP contribution in [-0.2, 0) is 16.1 Å². The number of carbonyl (C=O) groups is 1. The van der Waals surface area contributed by atoms with E-state index in [9.17, 15) is 4.79 Å². The van der Waals surface area contributed by atoms with Crippen LogP contribution in [0.2, 0.25) is 0 Å². The standard InChI is InChI=1S/C23H31N3O2/c1-19(2)26(18-20-8-4-3-5-9-20)23(27)12-13-24-21-10-6-7-11-22(21)25-14-16-28-17-15-25/h3-11,19,24H,12-18H2,1-2H3. The van der Waals surface area contributed by atoms with Crippen molar-refractivity contribution in [3.8, 4) is 0 Å². The molecule has 0 aromatic heterocycles. The van der Waals surface area contributed by atoms with Gasteiger partial charge in [0.15, 0.2) is 0 Å². The minimum Gasteiger partial charge on any atom is -0.383 e. The van der Waals surface area contributed by atoms with Crippen LogP contribution >= 0.6 is 0 Å². The van der Waals surface area contributed by atoms with Crippen LogP contribution in [0.3, 0.4) is 0 Å². The van der Waals surface area contributed by atoms with Crippen LogP contribution in [0.1, 0.15) is 25.8 Å². The number of rotatable bonds is 8. The molecule has 2 aromatic rings. The second kappa shape index (κ2) is 10.1. The fraction of sp³-hybridized carbons (Fsp3) is 0.435. The third kappa shape index (κ3) is 5.49. The van der Waals surface area contributed by atoms with Gasteiger partial charge in [0, 0.05) is 38.6 Å². The number of nitrogens with one attached hydrogen (secondary N) is 1. The first-order valence-electron chi connectivity index (χ1n) is 10.1. The van der Waals surface area contributed by atoms with Crippen LogP contribution in [0.5, 0.6) is 0 Å². The number of ether oxygens (including phenoxy) is 1. The van der Waals surface area contributed by atoms with Crippen molar-refractivity contribution in [1.82, 2.24) is 4.90 Å².